The molecule has 2 aromatic rings. The molecule has 0 saturated carbocycles. The molecule has 3 nitrogen and oxygen atoms in total. The zero-order chi connectivity index (χ0) is 16.5. The third-order valence-corrected chi connectivity index (χ3v) is 3.11. The molecule has 0 spiro atoms. The molecule has 2 rings (SSSR count). The number of ether oxygens (including phenoxy) is 1. The highest BCUT2D eigenvalue weighted by Crippen LogP contribution is 2.15. The van der Waals surface area contributed by atoms with Crippen LogP contribution in [-0.2, 0) is 4.79 Å². The largest absolute Gasteiger partial charge is 0.508 e. The van der Waals surface area contributed by atoms with Gasteiger partial charge in [-0.05, 0) is 47.5 Å². The summed E-state index contributed by atoms with van der Waals surface area (Å²) < 4.78 is 5.43. The minimum absolute atomic E-state index is 0.138. The van der Waals surface area contributed by atoms with Gasteiger partial charge in [-0.1, -0.05) is 36.4 Å². The van der Waals surface area contributed by atoms with Crippen LogP contribution in [0.3, 0.4) is 0 Å². The third-order valence-electron chi connectivity index (χ3n) is 2.95. The van der Waals surface area contributed by atoms with Crippen molar-refractivity contribution in [3.8, 4) is 11.5 Å². The van der Waals surface area contributed by atoms with Gasteiger partial charge in [0.1, 0.15) is 18.1 Å². The van der Waals surface area contributed by atoms with E-state index in [-0.39, 0.29) is 11.5 Å². The first-order valence-electron chi connectivity index (χ1n) is 7.15. The summed E-state index contributed by atoms with van der Waals surface area (Å²) in [4.78, 5) is 11.8. The van der Waals surface area contributed by atoms with Crippen molar-refractivity contribution < 1.29 is 14.6 Å². The van der Waals surface area contributed by atoms with Crippen LogP contribution in [0.25, 0.3) is 12.2 Å². The van der Waals surface area contributed by atoms with E-state index in [1.54, 1.807) is 30.4 Å². The second-order valence-electron chi connectivity index (χ2n) is 4.77. The Kier molecular flexibility index (Phi) is 6.45. The summed E-state index contributed by atoms with van der Waals surface area (Å²) in [6.07, 6.45) is 6.33. The monoisotopic (exact) mass is 328 g/mol. The van der Waals surface area contributed by atoms with Crippen molar-refractivity contribution in [2.75, 3.05) is 12.5 Å². The van der Waals surface area contributed by atoms with Crippen LogP contribution >= 0.6 is 11.6 Å². The smallest absolute Gasteiger partial charge is 0.178 e. The van der Waals surface area contributed by atoms with Crippen molar-refractivity contribution in [2.45, 2.75) is 0 Å². The van der Waals surface area contributed by atoms with Gasteiger partial charge in [-0.15, -0.1) is 11.6 Å². The fraction of sp³-hybridized carbons (Fsp3) is 0.105. The van der Waals surface area contributed by atoms with Crippen molar-refractivity contribution in [3.63, 3.8) is 0 Å². The van der Waals surface area contributed by atoms with Gasteiger partial charge in [0.05, 0.1) is 5.88 Å². The molecule has 0 unspecified atom stereocenters. The molecule has 118 valence electrons. The Bertz CT molecular complexity index is 720. The zero-order valence-electron chi connectivity index (χ0n) is 12.5. The Balaban J connectivity index is 1.98. The van der Waals surface area contributed by atoms with Gasteiger partial charge in [-0.25, -0.2) is 0 Å². The van der Waals surface area contributed by atoms with Gasteiger partial charge in [-0.2, -0.15) is 0 Å². The maximum absolute atomic E-state index is 11.8. The van der Waals surface area contributed by atoms with Gasteiger partial charge < -0.3 is 9.84 Å². The lowest BCUT2D eigenvalue weighted by molar-refractivity contribution is -0.110. The highest BCUT2D eigenvalue weighted by molar-refractivity contribution is 6.18. The SMILES string of the molecule is O=C(/C=C/c1cccc(O)c1)/C=C/c1cccc(OCCCl)c1. The van der Waals surface area contributed by atoms with Crippen LogP contribution in [0.15, 0.2) is 60.7 Å². The van der Waals surface area contributed by atoms with E-state index in [2.05, 4.69) is 0 Å². The number of benzene rings is 2. The molecule has 2 aromatic carbocycles. The molecule has 0 atom stereocenters. The molecule has 4 heteroatoms. The van der Waals surface area contributed by atoms with E-state index in [9.17, 15) is 9.90 Å². The summed E-state index contributed by atoms with van der Waals surface area (Å²) in [7, 11) is 0. The van der Waals surface area contributed by atoms with Crippen LogP contribution in [0.5, 0.6) is 11.5 Å². The van der Waals surface area contributed by atoms with Crippen molar-refractivity contribution >= 4 is 29.5 Å². The molecular formula is C19H17ClO3. The summed E-state index contributed by atoms with van der Waals surface area (Å²) in [5, 5.41) is 9.36. The third kappa shape index (κ3) is 6.01. The predicted molar refractivity (Wildman–Crippen MR) is 93.8 cm³/mol. The molecule has 0 aliphatic heterocycles. The summed E-state index contributed by atoms with van der Waals surface area (Å²) in [5.74, 6) is 1.18. The lowest BCUT2D eigenvalue weighted by atomic mass is 10.1. The number of phenols is 1. The second-order valence-corrected chi connectivity index (χ2v) is 5.15. The zero-order valence-corrected chi connectivity index (χ0v) is 13.2. The standard InChI is InChI=1S/C19H17ClO3/c20-11-12-23-19-6-2-4-16(14-19)8-10-17(21)9-7-15-3-1-5-18(22)13-15/h1-10,13-14,22H,11-12H2/b9-7+,10-8+. The highest BCUT2D eigenvalue weighted by Gasteiger charge is 1.96. The second kappa shape index (κ2) is 8.81. The van der Waals surface area contributed by atoms with Crippen LogP contribution in [0.1, 0.15) is 11.1 Å². The molecule has 0 aliphatic rings. The first-order chi connectivity index (χ1) is 11.2. The number of halogens is 1. The van der Waals surface area contributed by atoms with E-state index in [1.807, 2.05) is 30.3 Å². The Morgan fingerprint density at radius 1 is 1.04 bits per heavy atom. The molecule has 0 saturated heterocycles. The first kappa shape index (κ1) is 16.8. The average Bonchev–Trinajstić information content (AvgIpc) is 2.57. The molecular weight excluding hydrogens is 312 g/mol. The molecule has 0 aromatic heterocycles. The fourth-order valence-corrected chi connectivity index (χ4v) is 1.98. The van der Waals surface area contributed by atoms with Gasteiger partial charge >= 0.3 is 0 Å². The molecule has 0 heterocycles. The molecule has 0 fully saturated rings. The number of hydrogen-bond donors (Lipinski definition) is 1. The van der Waals surface area contributed by atoms with E-state index in [4.69, 9.17) is 16.3 Å². The Morgan fingerprint density at radius 2 is 1.70 bits per heavy atom. The Labute approximate surface area is 140 Å². The summed E-state index contributed by atoms with van der Waals surface area (Å²) in [5.41, 5.74) is 1.64. The predicted octanol–water partition coefficient (Wildman–Crippen LogP) is 4.31. The minimum atomic E-state index is -0.138. The van der Waals surface area contributed by atoms with Gasteiger partial charge in [0.25, 0.3) is 0 Å². The number of hydrogen-bond acceptors (Lipinski definition) is 3. The number of ketones is 1. The van der Waals surface area contributed by atoms with E-state index in [0.717, 1.165) is 16.9 Å². The summed E-state index contributed by atoms with van der Waals surface area (Å²) in [6.45, 7) is 0.445. The van der Waals surface area contributed by atoms with Crippen molar-refractivity contribution in [2.24, 2.45) is 0 Å². The highest BCUT2D eigenvalue weighted by atomic mass is 35.5. The number of allylic oxidation sites excluding steroid dienone is 2. The molecule has 0 amide bonds. The van der Waals surface area contributed by atoms with E-state index in [0.29, 0.717) is 12.5 Å². The van der Waals surface area contributed by atoms with Gasteiger partial charge in [0.15, 0.2) is 5.78 Å². The maximum Gasteiger partial charge on any atom is 0.178 e. The number of phenolic OH excluding ortho intramolecular Hbond substituents is 1. The number of alkyl halides is 1. The average molecular weight is 329 g/mol. The maximum atomic E-state index is 11.8. The van der Waals surface area contributed by atoms with E-state index in [1.165, 1.54) is 12.2 Å². The van der Waals surface area contributed by atoms with Crippen LogP contribution in [-0.4, -0.2) is 23.4 Å². The van der Waals surface area contributed by atoms with Gasteiger partial charge in [0.2, 0.25) is 0 Å². The number of carbonyl (C=O) groups excluding carboxylic acids is 1. The molecule has 1 N–H and O–H groups in total. The number of carbonyl (C=O) groups is 1. The van der Waals surface area contributed by atoms with E-state index >= 15 is 0 Å². The Hall–Kier alpha value is -2.52. The van der Waals surface area contributed by atoms with Crippen molar-refractivity contribution in [1.82, 2.24) is 0 Å². The molecule has 0 radical (unpaired) electrons. The van der Waals surface area contributed by atoms with Crippen LogP contribution in [0, 0.1) is 0 Å². The van der Waals surface area contributed by atoms with Crippen molar-refractivity contribution in [3.05, 3.63) is 71.8 Å². The molecule has 0 aliphatic carbocycles. The lowest BCUT2D eigenvalue weighted by Gasteiger charge is -2.03. The topological polar surface area (TPSA) is 46.5 Å². The summed E-state index contributed by atoms with van der Waals surface area (Å²) >= 11 is 5.58. The minimum Gasteiger partial charge on any atom is -0.508 e. The summed E-state index contributed by atoms with van der Waals surface area (Å²) in [6, 6.07) is 14.1. The van der Waals surface area contributed by atoms with Gasteiger partial charge in [0, 0.05) is 0 Å². The quantitative estimate of drug-likeness (QED) is 0.608. The van der Waals surface area contributed by atoms with E-state index < -0.39 is 0 Å². The fourth-order valence-electron chi connectivity index (χ4n) is 1.91. The first-order valence-corrected chi connectivity index (χ1v) is 7.69. The van der Waals surface area contributed by atoms with Gasteiger partial charge in [-0.3, -0.25) is 4.79 Å². The lowest BCUT2D eigenvalue weighted by Crippen LogP contribution is -1.97. The van der Waals surface area contributed by atoms with Crippen LogP contribution in [0.4, 0.5) is 0 Å². The number of aromatic hydroxyl groups is 1. The van der Waals surface area contributed by atoms with Crippen LogP contribution < -0.4 is 4.74 Å². The molecule has 0 bridgehead atoms. The molecule has 23 heavy (non-hydrogen) atoms. The normalized spacial score (nSPS) is 11.2. The van der Waals surface area contributed by atoms with Crippen LogP contribution in [0.2, 0.25) is 0 Å². The Morgan fingerprint density at radius 3 is 2.35 bits per heavy atom. The number of rotatable bonds is 7. The van der Waals surface area contributed by atoms with Crippen molar-refractivity contribution in [1.29, 1.82) is 0 Å².